The van der Waals surface area contributed by atoms with Crippen LogP contribution in [-0.4, -0.2) is 165 Å². The van der Waals surface area contributed by atoms with Gasteiger partial charge in [-0.2, -0.15) is 0 Å². The first-order valence-corrected chi connectivity index (χ1v) is 33.3. The number of amides is 1. The third kappa shape index (κ3) is 11.9. The largest absolute Gasteiger partial charge is 0.447 e. The fourth-order valence-electron chi connectivity index (χ4n) is 20.0. The maximum absolute atomic E-state index is 13.4. The minimum atomic E-state index is -0.456. The monoisotopic (exact) mass is 1180 g/mol. The molecule has 3 N–H and O–H groups in total. The Morgan fingerprint density at radius 3 is 1.72 bits per heavy atom. The average Bonchev–Trinajstić information content (AvgIpc) is 1.61. The highest BCUT2D eigenvalue weighted by atomic mass is 16.6. The van der Waals surface area contributed by atoms with Crippen LogP contribution in [0.2, 0.25) is 0 Å². The summed E-state index contributed by atoms with van der Waals surface area (Å²) in [6.45, 7) is 24.3. The summed E-state index contributed by atoms with van der Waals surface area (Å²) in [4.78, 5) is 30.3. The first-order valence-electron chi connectivity index (χ1n) is 33.3. The Morgan fingerprint density at radius 2 is 1.18 bits per heavy atom. The van der Waals surface area contributed by atoms with Gasteiger partial charge in [0.05, 0.1) is 81.3 Å². The third-order valence-electron chi connectivity index (χ3n) is 24.6. The Morgan fingerprint density at radius 1 is 0.659 bits per heavy atom. The molecule has 4 saturated heterocycles. The van der Waals surface area contributed by atoms with Crippen LogP contribution in [-0.2, 0) is 37.9 Å². The molecule has 1 aromatic heterocycles. The van der Waals surface area contributed by atoms with Crippen molar-refractivity contribution in [1.82, 2.24) is 19.8 Å². The molecule has 8 fully saturated rings. The molecule has 13 rings (SSSR count). The number of aliphatic hydroxyl groups excluding tert-OH is 2. The lowest BCUT2D eigenvalue weighted by Crippen LogP contribution is -2.54. The number of carbonyl (C=O) groups excluding carboxylic acids is 2. The first kappa shape index (κ1) is 63.1. The minimum absolute atomic E-state index is 0.0222. The van der Waals surface area contributed by atoms with Crippen LogP contribution in [0.5, 0.6) is 0 Å². The fourth-order valence-corrected chi connectivity index (χ4v) is 20.0. The van der Waals surface area contributed by atoms with E-state index in [0.29, 0.717) is 86.8 Å². The molecule has 0 unspecified atom stereocenters. The van der Waals surface area contributed by atoms with Crippen molar-refractivity contribution < 1.29 is 57.7 Å². The Hall–Kier alpha value is -3.45. The molecule has 16 heteroatoms. The van der Waals surface area contributed by atoms with Gasteiger partial charge in [0, 0.05) is 51.0 Å². The van der Waals surface area contributed by atoms with Gasteiger partial charge in [-0.25, -0.2) is 19.1 Å². The molecule has 1 aromatic rings. The summed E-state index contributed by atoms with van der Waals surface area (Å²) in [7, 11) is 3.25. The number of allylic oxidation sites excluding steroid dienone is 4. The van der Waals surface area contributed by atoms with Crippen LogP contribution in [0.25, 0.3) is 0 Å². The number of piperidine rings is 2. The molecule has 4 aliphatic heterocycles. The van der Waals surface area contributed by atoms with E-state index in [4.69, 9.17) is 37.9 Å². The van der Waals surface area contributed by atoms with E-state index in [9.17, 15) is 19.8 Å². The number of hydrogen-bond donors (Lipinski definition) is 3. The number of rotatable bonds is 12. The summed E-state index contributed by atoms with van der Waals surface area (Å²) in [5.41, 5.74) is 9.82. The molecular formula is C69H106N4O12. The lowest BCUT2D eigenvalue weighted by atomic mass is 9.56. The van der Waals surface area contributed by atoms with Crippen molar-refractivity contribution in [2.45, 2.75) is 206 Å². The number of fused-ring (bicyclic) bond motifs is 12. The number of methoxy groups -OCH3 is 2. The van der Waals surface area contributed by atoms with Crippen LogP contribution >= 0.6 is 0 Å². The normalized spacial score (nSPS) is 42.0. The van der Waals surface area contributed by atoms with Gasteiger partial charge in [0.25, 0.3) is 0 Å². The number of hydrogen-bond acceptors (Lipinski definition) is 14. The number of aliphatic hydroxyl groups is 2. The molecule has 8 aliphatic carbocycles. The molecule has 0 bridgehead atoms. The van der Waals surface area contributed by atoms with Gasteiger partial charge in [0.1, 0.15) is 19.5 Å². The van der Waals surface area contributed by atoms with Crippen LogP contribution in [0.1, 0.15) is 158 Å². The summed E-state index contributed by atoms with van der Waals surface area (Å²) < 4.78 is 46.4. The molecule has 4 saturated carbocycles. The van der Waals surface area contributed by atoms with E-state index in [1.807, 2.05) is 4.90 Å². The fraction of sp³-hybridized carbons (Fsp3) is 0.812. The van der Waals surface area contributed by atoms with Gasteiger partial charge in [0.15, 0.2) is 0 Å². The van der Waals surface area contributed by atoms with Crippen molar-refractivity contribution in [1.29, 1.82) is 0 Å². The highest BCUT2D eigenvalue weighted by molar-refractivity contribution is 5.70. The van der Waals surface area contributed by atoms with E-state index in [2.05, 4.69) is 77.8 Å². The number of imidazole rings is 1. The molecule has 16 nitrogen and oxygen atoms in total. The molecule has 474 valence electrons. The average molecular weight is 1180 g/mol. The summed E-state index contributed by atoms with van der Waals surface area (Å²) in [6.07, 6.45) is 26.7. The van der Waals surface area contributed by atoms with Gasteiger partial charge in [0.2, 0.25) is 0 Å². The Kier molecular flexibility index (Phi) is 19.4. The number of carbonyl (C=O) groups is 2. The van der Waals surface area contributed by atoms with E-state index >= 15 is 0 Å². The van der Waals surface area contributed by atoms with Crippen LogP contribution in [0, 0.1) is 70.0 Å². The molecule has 85 heavy (non-hydrogen) atoms. The zero-order valence-electron chi connectivity index (χ0n) is 53.3. The zero-order valence-corrected chi connectivity index (χ0v) is 53.3. The van der Waals surface area contributed by atoms with E-state index in [-0.39, 0.29) is 66.2 Å². The Labute approximate surface area is 507 Å². The molecule has 0 aromatic carbocycles. The number of likely N-dealkylation sites (tertiary alicyclic amines) is 1. The van der Waals surface area contributed by atoms with Gasteiger partial charge in [-0.1, -0.05) is 76.0 Å². The van der Waals surface area contributed by atoms with Crippen molar-refractivity contribution in [3.05, 3.63) is 64.3 Å². The molecule has 0 radical (unpaired) electrons. The van der Waals surface area contributed by atoms with Crippen molar-refractivity contribution in [3.8, 4) is 0 Å². The first-order chi connectivity index (χ1) is 40.9. The Balaban J connectivity index is 0.000000147. The Bertz CT molecular complexity index is 2640. The van der Waals surface area contributed by atoms with Crippen molar-refractivity contribution in [3.63, 3.8) is 0 Å². The topological polar surface area (TPSA) is 182 Å². The molecule has 1 amide bonds. The maximum atomic E-state index is 13.4. The molecule has 12 aliphatic rings. The molecule has 2 spiro atoms. The van der Waals surface area contributed by atoms with Crippen molar-refractivity contribution >= 4 is 12.2 Å². The van der Waals surface area contributed by atoms with Crippen molar-refractivity contribution in [2.24, 2.45) is 70.0 Å². The predicted molar refractivity (Wildman–Crippen MR) is 324 cm³/mol. The van der Waals surface area contributed by atoms with E-state index in [0.717, 1.165) is 88.1 Å². The van der Waals surface area contributed by atoms with Gasteiger partial charge in [-0.3, -0.25) is 0 Å². The standard InChI is InChI=1S/C33H51NO6.C27H41NO2.C9H14N2O4/c1-20-16-29-30(34(19-20)31(36)39-15-14-38-13-12-37-5)22(3)33(40-29)11-9-25-26-7-6-23-17-24(35)8-10-32(23,4)28(26)18-27(25)21(33)2;1-15-11-24-25(28-14-15)17(3)27(30-24)10-8-20-21-6-5-18-12-19(29)7-9-26(18,4)23(21)13-22(20)16(27)2;1-13-4-5-14-6-7-15-9(12)11-3-2-10-8-11/h6,20,22,24-26,28-30,35H,7-19H2,1-5H3;5,15,17,19-21,23-25,28-29H,6-14H2,1-4H3;2-3,8H,4-7H2,1H3/t20-,22+,24-,25-,26-,28-,29+,30-,32-,33-;15-,17+,19-,20-,21-,23-,24+,25-,26-,27-;/m00./s1. The summed E-state index contributed by atoms with van der Waals surface area (Å²) in [5.74, 6) is 6.27. The van der Waals surface area contributed by atoms with Crippen LogP contribution in [0.15, 0.2) is 64.3 Å². The highest BCUT2D eigenvalue weighted by Crippen LogP contribution is 2.67. The predicted octanol–water partition coefficient (Wildman–Crippen LogP) is 11.0. The minimum Gasteiger partial charge on any atom is -0.447 e. The summed E-state index contributed by atoms with van der Waals surface area (Å²) >= 11 is 0. The number of nitrogens with one attached hydrogen (secondary N) is 1. The van der Waals surface area contributed by atoms with E-state index in [1.165, 1.54) is 85.8 Å². The van der Waals surface area contributed by atoms with E-state index < -0.39 is 6.09 Å². The van der Waals surface area contributed by atoms with E-state index in [1.54, 1.807) is 36.5 Å². The van der Waals surface area contributed by atoms with Crippen LogP contribution in [0.4, 0.5) is 9.59 Å². The van der Waals surface area contributed by atoms with Gasteiger partial charge in [-0.05, 0) is 192 Å². The molecule has 5 heterocycles. The van der Waals surface area contributed by atoms with Gasteiger partial charge in [-0.15, -0.1) is 0 Å². The van der Waals surface area contributed by atoms with Crippen LogP contribution < -0.4 is 5.32 Å². The third-order valence-corrected chi connectivity index (χ3v) is 24.6. The smallest absolute Gasteiger partial charge is 0.419 e. The highest BCUT2D eigenvalue weighted by Gasteiger charge is 2.64. The summed E-state index contributed by atoms with van der Waals surface area (Å²) in [5, 5.41) is 24.5. The second kappa shape index (κ2) is 26.2. The number of nitrogens with zero attached hydrogens (tertiary/aromatic N) is 3. The maximum Gasteiger partial charge on any atom is 0.419 e. The number of aromatic nitrogens is 2. The molecular weight excluding hydrogens is 1080 g/mol. The lowest BCUT2D eigenvalue weighted by Gasteiger charge is -2.49. The number of ether oxygens (including phenoxy) is 8. The SMILES string of the molecule is CC1=C2C[C@H]3[C@@H](CC=C4C[C@@H](O)CC[C@@]43C)[C@@H]2CC[C@]12O[C@@H]1C[C@H](C)CN[C@H]1[C@H]2C.COCCOCCOC(=O)N1C[C@@H](C)C[C@H]2O[C@]3(CC[C@@H]4C(=C3C)C[C@H]3[C@H]4CC=C4C[C@@H](O)CC[C@@]43C)[C@H](C)[C@@H]21.COCCOCCOC(=O)n1ccnc1. The summed E-state index contributed by atoms with van der Waals surface area (Å²) in [6, 6.07) is 0.571. The van der Waals surface area contributed by atoms with Gasteiger partial charge >= 0.3 is 12.2 Å². The van der Waals surface area contributed by atoms with Gasteiger partial charge < -0.3 is 58.3 Å². The quantitative estimate of drug-likeness (QED) is 0.133. The second-order valence-electron chi connectivity index (χ2n) is 28.9. The van der Waals surface area contributed by atoms with Crippen LogP contribution in [0.3, 0.4) is 0 Å². The molecule has 20 atom stereocenters. The van der Waals surface area contributed by atoms with Crippen molar-refractivity contribution in [2.75, 3.05) is 80.2 Å². The lowest BCUT2D eigenvalue weighted by molar-refractivity contribution is -0.0642. The zero-order chi connectivity index (χ0) is 60.0. The second-order valence-corrected chi connectivity index (χ2v) is 28.9.